The number of benzene rings is 4. The molecule has 0 radical (unpaired) electrons. The molecule has 0 spiro atoms. The second-order valence-electron chi connectivity index (χ2n) is 13.3. The van der Waals surface area contributed by atoms with Crippen molar-refractivity contribution in [3.05, 3.63) is 138 Å². The van der Waals surface area contributed by atoms with Crippen LogP contribution in [0.2, 0.25) is 0 Å². The van der Waals surface area contributed by atoms with Crippen molar-refractivity contribution in [2.24, 2.45) is 0 Å². The molecule has 0 heterocycles. The fraction of sp³-hybridized carbons (Fsp3) is 0.275. The van der Waals surface area contributed by atoms with Gasteiger partial charge in [-0.05, 0) is 24.7 Å². The van der Waals surface area contributed by atoms with Crippen molar-refractivity contribution in [2.45, 2.75) is 72.6 Å². The Bertz CT molecular complexity index is 1610. The molecule has 0 aromatic heterocycles. The van der Waals surface area contributed by atoms with Gasteiger partial charge in [-0.1, -0.05) is 75.9 Å². The number of aryl methyl sites for hydroxylation is 2. The summed E-state index contributed by atoms with van der Waals surface area (Å²) in [7, 11) is 0. The van der Waals surface area contributed by atoms with Gasteiger partial charge in [-0.2, -0.15) is 6.08 Å². The van der Waals surface area contributed by atoms with E-state index >= 15 is 0 Å². The molecule has 0 unspecified atom stereocenters. The van der Waals surface area contributed by atoms with Gasteiger partial charge in [0.2, 0.25) is 0 Å². The number of fused-ring (bicyclic) bond motifs is 3. The molecule has 1 aliphatic carbocycles. The molecule has 0 fully saturated rings. The Morgan fingerprint density at radius 3 is 1.36 bits per heavy atom. The predicted octanol–water partition coefficient (Wildman–Crippen LogP) is 10.4. The van der Waals surface area contributed by atoms with Crippen LogP contribution in [-0.4, -0.2) is 5.43 Å². The molecule has 5 aromatic carbocycles. The number of allylic oxidation sites excluding steroid dienone is 4. The molecule has 228 valence electrons. The SMILES string of the molecule is Cc1cc2[cH-]c3cc(C)c(C(C)(C)C)cc3c2cc1C(C)(C)C.Cl.Cl.[C-]1=CC=CC1.[Zr+2]=[Si](c1ccccc1)c1ccccc1. The average Bonchev–Trinajstić information content (AvgIpc) is 3.63. The normalized spacial score (nSPS) is 12.0. The van der Waals surface area contributed by atoms with E-state index in [2.05, 4.69) is 159 Å². The van der Waals surface area contributed by atoms with Crippen LogP contribution in [-0.2, 0) is 34.2 Å². The molecule has 0 amide bonds. The molecule has 0 N–H and O–H groups in total. The van der Waals surface area contributed by atoms with E-state index in [0.717, 1.165) is 6.42 Å². The van der Waals surface area contributed by atoms with Crippen LogP contribution in [0.3, 0.4) is 0 Å². The second-order valence-corrected chi connectivity index (χ2v) is 18.9. The zero-order valence-corrected chi connectivity index (χ0v) is 32.5. The van der Waals surface area contributed by atoms with Crippen LogP contribution in [0.1, 0.15) is 70.2 Å². The van der Waals surface area contributed by atoms with Crippen molar-refractivity contribution in [1.29, 1.82) is 0 Å². The molecule has 5 aromatic rings. The van der Waals surface area contributed by atoms with Crippen molar-refractivity contribution < 1.29 is 23.3 Å². The summed E-state index contributed by atoms with van der Waals surface area (Å²) in [5.74, 6) is 0. The van der Waals surface area contributed by atoms with Gasteiger partial charge in [0.1, 0.15) is 0 Å². The Kier molecular flexibility index (Phi) is 14.3. The molecular formula is C40H46Cl2SiZr. The summed E-state index contributed by atoms with van der Waals surface area (Å²) < 4.78 is 0. The van der Waals surface area contributed by atoms with Gasteiger partial charge in [0.25, 0.3) is 0 Å². The van der Waals surface area contributed by atoms with Crippen molar-refractivity contribution in [3.63, 3.8) is 0 Å². The van der Waals surface area contributed by atoms with E-state index in [1.165, 1.54) is 54.2 Å². The van der Waals surface area contributed by atoms with Gasteiger partial charge >= 0.3 is 99.8 Å². The minimum atomic E-state index is -0.455. The van der Waals surface area contributed by atoms with Gasteiger partial charge in [-0.15, -0.1) is 71.0 Å². The summed E-state index contributed by atoms with van der Waals surface area (Å²) in [4.78, 5) is 0. The van der Waals surface area contributed by atoms with Crippen molar-refractivity contribution in [2.75, 3.05) is 0 Å². The molecule has 0 aliphatic heterocycles. The van der Waals surface area contributed by atoms with Crippen LogP contribution in [0.4, 0.5) is 0 Å². The molecule has 4 heteroatoms. The van der Waals surface area contributed by atoms with Gasteiger partial charge in [0.15, 0.2) is 0 Å². The van der Waals surface area contributed by atoms with E-state index in [1.807, 2.05) is 12.2 Å². The van der Waals surface area contributed by atoms with Crippen molar-refractivity contribution in [1.82, 2.24) is 0 Å². The molecule has 0 saturated carbocycles. The van der Waals surface area contributed by atoms with E-state index in [-0.39, 0.29) is 35.6 Å². The van der Waals surface area contributed by atoms with E-state index in [1.54, 1.807) is 23.3 Å². The van der Waals surface area contributed by atoms with E-state index < -0.39 is 5.43 Å². The van der Waals surface area contributed by atoms with Crippen molar-refractivity contribution in [3.8, 4) is 0 Å². The van der Waals surface area contributed by atoms with Crippen molar-refractivity contribution >= 4 is 62.2 Å². The van der Waals surface area contributed by atoms with Crippen LogP contribution in [0, 0.1) is 19.9 Å². The summed E-state index contributed by atoms with van der Waals surface area (Å²) >= 11 is 1.64. The standard InChI is InChI=1S/C23H29.C12H10Si.C5H5.2ClH.Zr/c1-14-9-16-11-17-10-15(2)21(23(6,7)8)13-19(17)18(16)12-20(14)22(3,4)5;1-3-7-11(8-4-1)13-12-9-5-2-6-10-12;1-2-4-5-3-1;;;/h9-13H,1-8H3;1-10H;1-3H,4H2;2*1H;/q-1;;-1;;;+2. The molecule has 1 aliphatic rings. The Hall–Kier alpha value is -2.09. The fourth-order valence-corrected chi connectivity index (χ4v) is 9.51. The summed E-state index contributed by atoms with van der Waals surface area (Å²) in [6.07, 6.45) is 10.0. The third kappa shape index (κ3) is 9.70. The third-order valence-electron chi connectivity index (χ3n) is 7.72. The van der Waals surface area contributed by atoms with Gasteiger partial charge in [-0.25, -0.2) is 12.2 Å². The van der Waals surface area contributed by atoms with Crippen LogP contribution in [0.5, 0.6) is 0 Å². The molecule has 0 atom stereocenters. The zero-order chi connectivity index (χ0) is 30.5. The van der Waals surface area contributed by atoms with Crippen LogP contribution in [0.15, 0.2) is 109 Å². The predicted molar refractivity (Wildman–Crippen MR) is 198 cm³/mol. The Morgan fingerprint density at radius 2 is 1.07 bits per heavy atom. The number of rotatable bonds is 2. The van der Waals surface area contributed by atoms with E-state index in [4.69, 9.17) is 0 Å². The summed E-state index contributed by atoms with van der Waals surface area (Å²) in [6, 6.07) is 33.6. The molecule has 0 bridgehead atoms. The van der Waals surface area contributed by atoms with Gasteiger partial charge < -0.3 is 0 Å². The van der Waals surface area contributed by atoms with Gasteiger partial charge in [0, 0.05) is 0 Å². The third-order valence-corrected chi connectivity index (χ3v) is 13.8. The van der Waals surface area contributed by atoms with Crippen LogP contribution < -0.4 is 10.4 Å². The molecule has 0 saturated heterocycles. The van der Waals surface area contributed by atoms with Crippen LogP contribution >= 0.6 is 24.8 Å². The molecule has 44 heavy (non-hydrogen) atoms. The monoisotopic (exact) mass is 714 g/mol. The number of halogens is 2. The minimum absolute atomic E-state index is 0. The first-order valence-corrected chi connectivity index (χ1v) is 20.1. The Balaban J connectivity index is 0.000000273. The first-order valence-electron chi connectivity index (χ1n) is 14.9. The summed E-state index contributed by atoms with van der Waals surface area (Å²) in [5.41, 5.74) is 5.61. The maximum atomic E-state index is 2.99. The quantitative estimate of drug-likeness (QED) is 0.126. The fourth-order valence-electron chi connectivity index (χ4n) is 5.67. The zero-order valence-electron chi connectivity index (χ0n) is 27.4. The van der Waals surface area contributed by atoms with E-state index in [9.17, 15) is 0 Å². The molecule has 6 rings (SSSR count). The first-order chi connectivity index (χ1) is 19.9. The summed E-state index contributed by atoms with van der Waals surface area (Å²) in [6.45, 7) is 18.3. The Morgan fingerprint density at radius 1 is 0.659 bits per heavy atom. The number of hydrogen-bond donors (Lipinski definition) is 0. The topological polar surface area (TPSA) is 0 Å². The van der Waals surface area contributed by atoms with Crippen LogP contribution in [0.25, 0.3) is 21.5 Å². The average molecular weight is 717 g/mol. The van der Waals surface area contributed by atoms with Gasteiger partial charge in [-0.3, -0.25) is 6.08 Å². The summed E-state index contributed by atoms with van der Waals surface area (Å²) in [5, 5.41) is 8.58. The van der Waals surface area contributed by atoms with E-state index in [0.29, 0.717) is 0 Å². The van der Waals surface area contributed by atoms with Gasteiger partial charge in [0.05, 0.1) is 0 Å². The Labute approximate surface area is 293 Å². The second kappa shape index (κ2) is 16.5. The molecular weight excluding hydrogens is 671 g/mol. The first kappa shape index (κ1) is 38.1. The maximum absolute atomic E-state index is 2.99. The molecule has 0 nitrogen and oxygen atoms in total. The number of hydrogen-bond acceptors (Lipinski definition) is 0.